The smallest absolute Gasteiger partial charge is 0.324 e. The van der Waals surface area contributed by atoms with E-state index in [1.54, 1.807) is 35.7 Å². The zero-order valence-electron chi connectivity index (χ0n) is 15.9. The lowest BCUT2D eigenvalue weighted by atomic mass is 10.1. The van der Waals surface area contributed by atoms with Gasteiger partial charge in [0.1, 0.15) is 6.54 Å². The van der Waals surface area contributed by atoms with E-state index < -0.39 is 0 Å². The Kier molecular flexibility index (Phi) is 4.61. The molecule has 0 unspecified atom stereocenters. The molecule has 1 amide bonds. The van der Waals surface area contributed by atoms with Crippen LogP contribution in [0.5, 0.6) is 0 Å². The molecule has 148 valence electrons. The van der Waals surface area contributed by atoms with E-state index in [2.05, 4.69) is 21.5 Å². The van der Waals surface area contributed by atoms with Crippen LogP contribution in [0.1, 0.15) is 10.6 Å². The minimum atomic E-state index is -0.341. The minimum absolute atomic E-state index is 0.145. The SMILES string of the molecule is O=C(Cn1nc2ccccn2c1=O)Nc1ccc(Cc2nc3ccccc3s2)cc1. The Labute approximate surface area is 175 Å². The minimum Gasteiger partial charge on any atom is -0.324 e. The van der Waals surface area contributed by atoms with Gasteiger partial charge in [-0.05, 0) is 42.0 Å². The Morgan fingerprint density at radius 3 is 2.60 bits per heavy atom. The van der Waals surface area contributed by atoms with Crippen molar-refractivity contribution in [1.29, 1.82) is 0 Å². The number of anilines is 1. The summed E-state index contributed by atoms with van der Waals surface area (Å²) in [5.74, 6) is -0.306. The van der Waals surface area contributed by atoms with Gasteiger partial charge in [0, 0.05) is 18.3 Å². The van der Waals surface area contributed by atoms with Gasteiger partial charge in [0.2, 0.25) is 5.91 Å². The molecule has 5 aromatic rings. The van der Waals surface area contributed by atoms with Crippen LogP contribution >= 0.6 is 11.3 Å². The molecule has 0 saturated carbocycles. The van der Waals surface area contributed by atoms with Crippen molar-refractivity contribution in [2.24, 2.45) is 0 Å². The summed E-state index contributed by atoms with van der Waals surface area (Å²) >= 11 is 1.69. The highest BCUT2D eigenvalue weighted by Gasteiger charge is 2.11. The highest BCUT2D eigenvalue weighted by atomic mass is 32.1. The van der Waals surface area contributed by atoms with Crippen LogP contribution in [0.2, 0.25) is 0 Å². The number of nitrogens with zero attached hydrogens (tertiary/aromatic N) is 4. The number of thiazole rings is 1. The number of fused-ring (bicyclic) bond motifs is 2. The highest BCUT2D eigenvalue weighted by Crippen LogP contribution is 2.24. The Morgan fingerprint density at radius 2 is 1.80 bits per heavy atom. The van der Waals surface area contributed by atoms with E-state index >= 15 is 0 Å². The molecule has 0 aliphatic carbocycles. The summed E-state index contributed by atoms with van der Waals surface area (Å²) in [6, 6.07) is 21.0. The zero-order valence-corrected chi connectivity index (χ0v) is 16.7. The van der Waals surface area contributed by atoms with Gasteiger partial charge in [0.25, 0.3) is 0 Å². The number of nitrogens with one attached hydrogen (secondary N) is 1. The van der Waals surface area contributed by atoms with Crippen molar-refractivity contribution < 1.29 is 4.79 Å². The number of carbonyl (C=O) groups excluding carboxylic acids is 1. The van der Waals surface area contributed by atoms with Gasteiger partial charge in [-0.15, -0.1) is 16.4 Å². The third-order valence-electron chi connectivity index (χ3n) is 4.71. The predicted octanol–water partition coefficient (Wildman–Crippen LogP) is 3.34. The average molecular weight is 415 g/mol. The predicted molar refractivity (Wildman–Crippen MR) is 117 cm³/mol. The van der Waals surface area contributed by atoms with Crippen molar-refractivity contribution >= 4 is 38.8 Å². The molecule has 2 aromatic carbocycles. The summed E-state index contributed by atoms with van der Waals surface area (Å²) in [5.41, 5.74) is 2.97. The lowest BCUT2D eigenvalue weighted by Crippen LogP contribution is -2.28. The van der Waals surface area contributed by atoms with Crippen molar-refractivity contribution in [1.82, 2.24) is 19.2 Å². The first kappa shape index (κ1) is 18.3. The lowest BCUT2D eigenvalue weighted by molar-refractivity contribution is -0.117. The number of hydrogen-bond acceptors (Lipinski definition) is 5. The third kappa shape index (κ3) is 3.60. The van der Waals surface area contributed by atoms with Crippen LogP contribution in [-0.4, -0.2) is 25.1 Å². The van der Waals surface area contributed by atoms with Gasteiger partial charge in [-0.2, -0.15) is 0 Å². The molecule has 0 aliphatic rings. The first-order valence-electron chi connectivity index (χ1n) is 9.43. The number of rotatable bonds is 5. The molecule has 7 nitrogen and oxygen atoms in total. The standard InChI is InChI=1S/C22H17N5O2S/c28-20(14-27-22(29)26-12-4-3-7-19(26)25-27)23-16-10-8-15(9-11-16)13-21-24-17-5-1-2-6-18(17)30-21/h1-12H,13-14H2,(H,23,28). The van der Waals surface area contributed by atoms with E-state index in [-0.39, 0.29) is 18.1 Å². The second-order valence-electron chi connectivity index (χ2n) is 6.87. The van der Waals surface area contributed by atoms with Crippen LogP contribution < -0.4 is 11.0 Å². The topological polar surface area (TPSA) is 81.3 Å². The summed E-state index contributed by atoms with van der Waals surface area (Å²) in [4.78, 5) is 29.3. The molecule has 0 atom stereocenters. The molecule has 1 N–H and O–H groups in total. The fourth-order valence-corrected chi connectivity index (χ4v) is 4.29. The van der Waals surface area contributed by atoms with Gasteiger partial charge in [-0.25, -0.2) is 14.5 Å². The maximum atomic E-state index is 12.4. The third-order valence-corrected chi connectivity index (χ3v) is 5.75. The van der Waals surface area contributed by atoms with Crippen LogP contribution in [-0.2, 0) is 17.8 Å². The molecular formula is C22H17N5O2S. The first-order chi connectivity index (χ1) is 14.7. The summed E-state index contributed by atoms with van der Waals surface area (Å²) in [7, 11) is 0. The number of aromatic nitrogens is 4. The van der Waals surface area contributed by atoms with E-state index in [9.17, 15) is 9.59 Å². The monoisotopic (exact) mass is 415 g/mol. The molecule has 0 aliphatic heterocycles. The fourth-order valence-electron chi connectivity index (χ4n) is 3.28. The average Bonchev–Trinajstić information content (AvgIpc) is 3.30. The summed E-state index contributed by atoms with van der Waals surface area (Å²) in [5, 5.41) is 8.04. The van der Waals surface area contributed by atoms with Gasteiger partial charge in [0.05, 0.1) is 15.2 Å². The summed E-state index contributed by atoms with van der Waals surface area (Å²) < 4.78 is 3.74. The van der Waals surface area contributed by atoms with E-state index in [0.717, 1.165) is 27.2 Å². The summed E-state index contributed by atoms with van der Waals surface area (Å²) in [6.45, 7) is -0.145. The molecule has 30 heavy (non-hydrogen) atoms. The Balaban J connectivity index is 1.25. The van der Waals surface area contributed by atoms with Crippen LogP contribution in [0.4, 0.5) is 5.69 Å². The van der Waals surface area contributed by atoms with Gasteiger partial charge < -0.3 is 5.32 Å². The molecule has 0 fully saturated rings. The van der Waals surface area contributed by atoms with Crippen molar-refractivity contribution in [3.63, 3.8) is 0 Å². The number of pyridine rings is 1. The maximum absolute atomic E-state index is 12.4. The lowest BCUT2D eigenvalue weighted by Gasteiger charge is -2.06. The second-order valence-corrected chi connectivity index (χ2v) is 7.98. The zero-order chi connectivity index (χ0) is 20.5. The largest absolute Gasteiger partial charge is 0.350 e. The highest BCUT2D eigenvalue weighted by molar-refractivity contribution is 7.18. The fraction of sp³-hybridized carbons (Fsp3) is 0.0909. The Morgan fingerprint density at radius 1 is 1.00 bits per heavy atom. The number of benzene rings is 2. The van der Waals surface area contributed by atoms with E-state index in [1.807, 2.05) is 42.5 Å². The van der Waals surface area contributed by atoms with Crippen molar-refractivity contribution in [3.8, 4) is 0 Å². The van der Waals surface area contributed by atoms with Gasteiger partial charge in [0.15, 0.2) is 5.65 Å². The number of carbonyl (C=O) groups is 1. The number of para-hydroxylation sites is 1. The Hall–Kier alpha value is -3.78. The molecule has 3 aromatic heterocycles. The Bertz CT molecular complexity index is 1380. The van der Waals surface area contributed by atoms with Crippen LogP contribution in [0.15, 0.2) is 77.7 Å². The number of hydrogen-bond donors (Lipinski definition) is 1. The van der Waals surface area contributed by atoms with Crippen molar-refractivity contribution in [3.05, 3.63) is 94.0 Å². The molecule has 3 heterocycles. The van der Waals surface area contributed by atoms with Crippen LogP contribution in [0, 0.1) is 0 Å². The molecule has 8 heteroatoms. The van der Waals surface area contributed by atoms with E-state index in [0.29, 0.717) is 11.3 Å². The van der Waals surface area contributed by atoms with Crippen molar-refractivity contribution in [2.45, 2.75) is 13.0 Å². The normalized spacial score (nSPS) is 11.2. The van der Waals surface area contributed by atoms with Crippen LogP contribution in [0.25, 0.3) is 15.9 Å². The van der Waals surface area contributed by atoms with Gasteiger partial charge >= 0.3 is 5.69 Å². The maximum Gasteiger partial charge on any atom is 0.350 e. The quantitative estimate of drug-likeness (QED) is 0.477. The molecule has 0 spiro atoms. The molecule has 0 radical (unpaired) electrons. The molecule has 5 rings (SSSR count). The molecular weight excluding hydrogens is 398 g/mol. The molecule has 0 bridgehead atoms. The second kappa shape index (κ2) is 7.57. The van der Waals surface area contributed by atoms with E-state index in [1.165, 1.54) is 9.10 Å². The van der Waals surface area contributed by atoms with Crippen molar-refractivity contribution in [2.75, 3.05) is 5.32 Å². The van der Waals surface area contributed by atoms with Gasteiger partial charge in [-0.3, -0.25) is 9.20 Å². The van der Waals surface area contributed by atoms with E-state index in [4.69, 9.17) is 0 Å². The number of amides is 1. The first-order valence-corrected chi connectivity index (χ1v) is 10.2. The molecule has 0 saturated heterocycles. The van der Waals surface area contributed by atoms with Crippen LogP contribution in [0.3, 0.4) is 0 Å². The van der Waals surface area contributed by atoms with Gasteiger partial charge in [-0.1, -0.05) is 30.3 Å². The summed E-state index contributed by atoms with van der Waals surface area (Å²) in [6.07, 6.45) is 2.37.